The summed E-state index contributed by atoms with van der Waals surface area (Å²) in [4.78, 5) is 14.2. The van der Waals surface area contributed by atoms with Crippen molar-refractivity contribution in [2.24, 2.45) is 0 Å². The third-order valence-corrected chi connectivity index (χ3v) is 2.21. The molecule has 0 bridgehead atoms. The zero-order valence-electron chi connectivity index (χ0n) is 8.54. The summed E-state index contributed by atoms with van der Waals surface area (Å²) in [5.41, 5.74) is 0.354. The van der Waals surface area contributed by atoms with Gasteiger partial charge in [0.2, 0.25) is 6.04 Å². The van der Waals surface area contributed by atoms with E-state index in [2.05, 4.69) is 4.98 Å². The summed E-state index contributed by atoms with van der Waals surface area (Å²) in [5.74, 6) is 0. The Labute approximate surface area is 87.9 Å². The minimum absolute atomic E-state index is 0.352. The molecule has 0 spiro atoms. The minimum atomic E-state index is -1.12. The fourth-order valence-corrected chi connectivity index (χ4v) is 1.42. The third-order valence-electron chi connectivity index (χ3n) is 2.21. The molecule has 0 radical (unpaired) electrons. The number of aromatic nitrogens is 1. The van der Waals surface area contributed by atoms with E-state index in [4.69, 9.17) is 0 Å². The Hall–Kier alpha value is -1.49. The molecule has 1 rings (SSSR count). The van der Waals surface area contributed by atoms with E-state index in [1.807, 2.05) is 6.92 Å². The second-order valence-corrected chi connectivity index (χ2v) is 3.34. The number of aliphatic hydroxyl groups is 1. The fraction of sp³-hybridized carbons (Fsp3) is 0.500. The maximum absolute atomic E-state index is 10.7. The van der Waals surface area contributed by atoms with Crippen molar-refractivity contribution in [3.63, 3.8) is 0 Å². The largest absolute Gasteiger partial charge is 0.380 e. The van der Waals surface area contributed by atoms with E-state index >= 15 is 0 Å². The topological polar surface area (TPSA) is 76.3 Å². The summed E-state index contributed by atoms with van der Waals surface area (Å²) >= 11 is 0. The molecule has 1 N–H and O–H groups in total. The Balaban J connectivity index is 2.81. The molecule has 0 aliphatic heterocycles. The van der Waals surface area contributed by atoms with Gasteiger partial charge in [-0.25, -0.2) is 0 Å². The molecule has 5 heteroatoms. The molecule has 0 aliphatic rings. The van der Waals surface area contributed by atoms with Crippen molar-refractivity contribution in [1.29, 1.82) is 0 Å². The van der Waals surface area contributed by atoms with Gasteiger partial charge in [-0.05, 0) is 18.6 Å². The first kappa shape index (κ1) is 11.6. The lowest BCUT2D eigenvalue weighted by Crippen LogP contribution is -2.27. The Kier molecular flexibility index (Phi) is 4.17. The second kappa shape index (κ2) is 5.41. The van der Waals surface area contributed by atoms with Crippen LogP contribution in [0, 0.1) is 10.1 Å². The van der Waals surface area contributed by atoms with Gasteiger partial charge in [-0.1, -0.05) is 13.0 Å². The summed E-state index contributed by atoms with van der Waals surface area (Å²) in [5, 5.41) is 20.5. The second-order valence-electron chi connectivity index (χ2n) is 3.34. The molecule has 1 aromatic heterocycles. The molecule has 2 unspecified atom stereocenters. The first-order valence-electron chi connectivity index (χ1n) is 4.89. The predicted octanol–water partition coefficient (Wildman–Crippen LogP) is 1.56. The van der Waals surface area contributed by atoms with Crippen molar-refractivity contribution >= 4 is 0 Å². The van der Waals surface area contributed by atoms with Crippen molar-refractivity contribution in [3.8, 4) is 0 Å². The standard InChI is InChI=1S/C10H14N2O3/c1-2-5-9(12(14)15)10(13)8-6-3-4-7-11-8/h3-4,6-7,9-10,13H,2,5H2,1H3. The SMILES string of the molecule is CCCC(C(O)c1ccccn1)[N+](=O)[O-]. The number of nitrogens with zero attached hydrogens (tertiary/aromatic N) is 2. The maximum Gasteiger partial charge on any atom is 0.244 e. The van der Waals surface area contributed by atoms with Gasteiger partial charge < -0.3 is 5.11 Å². The molecule has 2 atom stereocenters. The highest BCUT2D eigenvalue weighted by Gasteiger charge is 2.30. The van der Waals surface area contributed by atoms with Gasteiger partial charge in [0.05, 0.1) is 5.69 Å². The average Bonchev–Trinajstić information content (AvgIpc) is 2.26. The molecule has 0 saturated heterocycles. The van der Waals surface area contributed by atoms with Crippen LogP contribution < -0.4 is 0 Å². The number of hydrogen-bond acceptors (Lipinski definition) is 4. The number of nitro groups is 1. The van der Waals surface area contributed by atoms with Crippen LogP contribution in [0.1, 0.15) is 31.6 Å². The highest BCUT2D eigenvalue weighted by molar-refractivity contribution is 5.07. The molecule has 5 nitrogen and oxygen atoms in total. The lowest BCUT2D eigenvalue weighted by atomic mass is 10.0. The molecule has 0 saturated carbocycles. The Morgan fingerprint density at radius 1 is 1.60 bits per heavy atom. The van der Waals surface area contributed by atoms with Crippen LogP contribution in [0.5, 0.6) is 0 Å². The van der Waals surface area contributed by atoms with Gasteiger partial charge in [0.1, 0.15) is 0 Å². The van der Waals surface area contributed by atoms with Crippen LogP contribution in [0.3, 0.4) is 0 Å². The summed E-state index contributed by atoms with van der Waals surface area (Å²) < 4.78 is 0. The van der Waals surface area contributed by atoms with Crippen LogP contribution in [0.25, 0.3) is 0 Å². The molecule has 1 aromatic rings. The highest BCUT2D eigenvalue weighted by Crippen LogP contribution is 2.19. The maximum atomic E-state index is 10.7. The lowest BCUT2D eigenvalue weighted by Gasteiger charge is -2.14. The number of pyridine rings is 1. The Morgan fingerprint density at radius 3 is 2.80 bits per heavy atom. The third kappa shape index (κ3) is 2.99. The lowest BCUT2D eigenvalue weighted by molar-refractivity contribution is -0.537. The summed E-state index contributed by atoms with van der Waals surface area (Å²) in [6.07, 6.45) is 1.41. The highest BCUT2D eigenvalue weighted by atomic mass is 16.6. The van der Waals surface area contributed by atoms with Crippen LogP contribution >= 0.6 is 0 Å². The van der Waals surface area contributed by atoms with Crippen LogP contribution in [-0.4, -0.2) is 21.1 Å². The fourth-order valence-electron chi connectivity index (χ4n) is 1.42. The number of aliphatic hydroxyl groups excluding tert-OH is 1. The molecule has 0 aliphatic carbocycles. The summed E-state index contributed by atoms with van der Waals surface area (Å²) in [6, 6.07) is 4.03. The molecule has 0 aromatic carbocycles. The van der Waals surface area contributed by atoms with E-state index in [0.717, 1.165) is 0 Å². The van der Waals surface area contributed by atoms with Crippen LogP contribution in [0.2, 0.25) is 0 Å². The molecule has 15 heavy (non-hydrogen) atoms. The van der Waals surface area contributed by atoms with Gasteiger partial charge in [0.15, 0.2) is 6.10 Å². The minimum Gasteiger partial charge on any atom is -0.380 e. The van der Waals surface area contributed by atoms with Crippen molar-refractivity contribution in [1.82, 2.24) is 4.98 Å². The molecule has 1 heterocycles. The van der Waals surface area contributed by atoms with Gasteiger partial charge >= 0.3 is 0 Å². The quantitative estimate of drug-likeness (QED) is 0.591. The van der Waals surface area contributed by atoms with E-state index in [1.54, 1.807) is 18.2 Å². The average molecular weight is 210 g/mol. The smallest absolute Gasteiger partial charge is 0.244 e. The van der Waals surface area contributed by atoms with Crippen molar-refractivity contribution in [2.75, 3.05) is 0 Å². The number of rotatable bonds is 5. The Bertz CT molecular complexity index is 316. The van der Waals surface area contributed by atoms with Gasteiger partial charge in [0, 0.05) is 17.5 Å². The van der Waals surface area contributed by atoms with Crippen LogP contribution in [0.4, 0.5) is 0 Å². The molecule has 82 valence electrons. The van der Waals surface area contributed by atoms with Crippen molar-refractivity contribution in [2.45, 2.75) is 31.9 Å². The van der Waals surface area contributed by atoms with Gasteiger partial charge in [-0.3, -0.25) is 15.1 Å². The number of hydrogen-bond donors (Lipinski definition) is 1. The van der Waals surface area contributed by atoms with Crippen LogP contribution in [0.15, 0.2) is 24.4 Å². The molecular formula is C10H14N2O3. The normalized spacial score (nSPS) is 14.5. The molecule has 0 fully saturated rings. The monoisotopic (exact) mass is 210 g/mol. The summed E-state index contributed by atoms with van der Waals surface area (Å²) in [6.45, 7) is 1.85. The predicted molar refractivity (Wildman–Crippen MR) is 54.9 cm³/mol. The zero-order valence-corrected chi connectivity index (χ0v) is 8.54. The van der Waals surface area contributed by atoms with Gasteiger partial charge in [0.25, 0.3) is 0 Å². The molecule has 0 amide bonds. The Morgan fingerprint density at radius 2 is 2.33 bits per heavy atom. The van der Waals surface area contributed by atoms with E-state index in [0.29, 0.717) is 18.5 Å². The first-order valence-corrected chi connectivity index (χ1v) is 4.89. The first-order chi connectivity index (χ1) is 7.16. The summed E-state index contributed by atoms with van der Waals surface area (Å²) in [7, 11) is 0. The van der Waals surface area contributed by atoms with Crippen molar-refractivity contribution < 1.29 is 10.0 Å². The van der Waals surface area contributed by atoms with Crippen LogP contribution in [-0.2, 0) is 0 Å². The van der Waals surface area contributed by atoms with E-state index in [1.165, 1.54) is 6.20 Å². The van der Waals surface area contributed by atoms with Gasteiger partial charge in [-0.15, -0.1) is 0 Å². The van der Waals surface area contributed by atoms with Crippen molar-refractivity contribution in [3.05, 3.63) is 40.2 Å². The van der Waals surface area contributed by atoms with E-state index in [9.17, 15) is 15.2 Å². The van der Waals surface area contributed by atoms with E-state index < -0.39 is 17.1 Å². The zero-order chi connectivity index (χ0) is 11.3. The molecular weight excluding hydrogens is 196 g/mol. The van der Waals surface area contributed by atoms with Gasteiger partial charge in [-0.2, -0.15) is 0 Å². The van der Waals surface area contributed by atoms with E-state index in [-0.39, 0.29) is 0 Å².